The molecule has 0 saturated heterocycles. The number of rotatable bonds is 4. The van der Waals surface area contributed by atoms with Gasteiger partial charge in [-0.3, -0.25) is 0 Å². The molecule has 0 atom stereocenters. The van der Waals surface area contributed by atoms with Crippen LogP contribution in [-0.4, -0.2) is 0 Å². The normalized spacial score (nSPS) is 13.3. The average molecular weight is 635 g/mol. The van der Waals surface area contributed by atoms with Gasteiger partial charge in [0.25, 0.3) is 0 Å². The summed E-state index contributed by atoms with van der Waals surface area (Å²) in [4.78, 5) is 0. The first-order valence-electron chi connectivity index (χ1n) is 17.3. The van der Waals surface area contributed by atoms with E-state index in [-0.39, 0.29) is 0 Å². The SMILES string of the molecule is C(/c1ccccc1)=c1\c2ccccc2/c(=C\c2ccccc2)c2cc3/c(=C\c4ccccc4)c4ccccc4/c(=C\c4ccccc4)c3cc12. The molecule has 0 bridgehead atoms. The molecule has 0 radical (unpaired) electrons. The summed E-state index contributed by atoms with van der Waals surface area (Å²) in [7, 11) is 0. The molecule has 0 heterocycles. The van der Waals surface area contributed by atoms with E-state index in [4.69, 9.17) is 0 Å². The van der Waals surface area contributed by atoms with Gasteiger partial charge in [0, 0.05) is 0 Å². The van der Waals surface area contributed by atoms with Gasteiger partial charge in [-0.05, 0) is 123 Å². The molecule has 9 rings (SSSR count). The van der Waals surface area contributed by atoms with E-state index >= 15 is 0 Å². The van der Waals surface area contributed by atoms with Gasteiger partial charge < -0.3 is 0 Å². The molecule has 0 spiro atoms. The monoisotopic (exact) mass is 634 g/mol. The van der Waals surface area contributed by atoms with Crippen molar-refractivity contribution in [2.24, 2.45) is 0 Å². The summed E-state index contributed by atoms with van der Waals surface area (Å²) in [5, 5.41) is 14.9. The van der Waals surface area contributed by atoms with E-state index in [2.05, 4.69) is 206 Å². The molecule has 234 valence electrons. The molecule has 0 aliphatic heterocycles. The average Bonchev–Trinajstić information content (AvgIpc) is 3.18. The van der Waals surface area contributed by atoms with Crippen LogP contribution in [-0.2, 0) is 0 Å². The minimum Gasteiger partial charge on any atom is -0.0622 e. The van der Waals surface area contributed by atoms with E-state index in [0.29, 0.717) is 0 Å². The van der Waals surface area contributed by atoms with Crippen LogP contribution in [0, 0.1) is 0 Å². The lowest BCUT2D eigenvalue weighted by atomic mass is 9.90. The van der Waals surface area contributed by atoms with Crippen molar-refractivity contribution in [3.63, 3.8) is 0 Å². The second-order valence-corrected chi connectivity index (χ2v) is 12.9. The highest BCUT2D eigenvalue weighted by molar-refractivity contribution is 6.11. The lowest BCUT2D eigenvalue weighted by Gasteiger charge is -2.14. The highest BCUT2D eigenvalue weighted by Crippen LogP contribution is 2.23. The molecule has 0 fully saturated rings. The highest BCUT2D eigenvalue weighted by atomic mass is 14.2. The second kappa shape index (κ2) is 12.8. The molecule has 0 N–H and O–H groups in total. The van der Waals surface area contributed by atoms with Gasteiger partial charge in [-0.25, -0.2) is 0 Å². The predicted molar refractivity (Wildman–Crippen MR) is 215 cm³/mol. The molecular weight excluding hydrogens is 601 g/mol. The molecule has 9 aromatic carbocycles. The first-order valence-corrected chi connectivity index (χ1v) is 17.3. The third-order valence-electron chi connectivity index (χ3n) is 9.78. The van der Waals surface area contributed by atoms with Gasteiger partial charge >= 0.3 is 0 Å². The Morgan fingerprint density at radius 1 is 0.200 bits per heavy atom. The van der Waals surface area contributed by atoms with Crippen molar-refractivity contribution < 1.29 is 0 Å². The van der Waals surface area contributed by atoms with Gasteiger partial charge in [0.15, 0.2) is 0 Å². The standard InChI is InChI=1S/C50H34/c1-5-17-35(18-6-1)29-43-39-25-13-14-26-40(39)44(30-36-19-7-2-8-20-36)48-34-50-46(32-38-23-11-4-12-24-38)42-28-16-15-27-41(42)45(49(50)33-47(43)48)31-37-21-9-3-10-22-37/h1-34H/b43-29-,44-30+,45-31+,46-32-. The fourth-order valence-corrected chi connectivity index (χ4v) is 7.46. The summed E-state index contributed by atoms with van der Waals surface area (Å²) in [5.41, 5.74) is 4.75. The van der Waals surface area contributed by atoms with Crippen LogP contribution in [0.5, 0.6) is 0 Å². The zero-order chi connectivity index (χ0) is 33.3. The minimum atomic E-state index is 1.19. The summed E-state index contributed by atoms with van der Waals surface area (Å²) in [6, 6.07) is 65.6. The van der Waals surface area contributed by atoms with Crippen molar-refractivity contribution in [2.45, 2.75) is 0 Å². The van der Waals surface area contributed by atoms with E-state index < -0.39 is 0 Å². The smallest absolute Gasteiger partial charge is 0.00921 e. The van der Waals surface area contributed by atoms with Gasteiger partial charge in [0.05, 0.1) is 0 Å². The van der Waals surface area contributed by atoms with Crippen LogP contribution in [0.15, 0.2) is 182 Å². The molecular formula is C50H34. The Morgan fingerprint density at radius 2 is 0.400 bits per heavy atom. The number of benzene rings is 9. The molecule has 9 aromatic rings. The summed E-state index contributed by atoms with van der Waals surface area (Å²) in [5.74, 6) is 0. The van der Waals surface area contributed by atoms with Crippen molar-refractivity contribution in [3.05, 3.63) is 225 Å². The van der Waals surface area contributed by atoms with Gasteiger partial charge in [-0.2, -0.15) is 0 Å². The third kappa shape index (κ3) is 5.48. The van der Waals surface area contributed by atoms with Crippen molar-refractivity contribution in [1.82, 2.24) is 0 Å². The first-order chi connectivity index (χ1) is 24.8. The quantitative estimate of drug-likeness (QED) is 0.169. The van der Waals surface area contributed by atoms with Crippen LogP contribution in [0.3, 0.4) is 0 Å². The lowest BCUT2D eigenvalue weighted by molar-refractivity contribution is 1.61. The van der Waals surface area contributed by atoms with E-state index in [0.717, 1.165) is 0 Å². The maximum absolute atomic E-state index is 2.47. The minimum absolute atomic E-state index is 1.19. The summed E-state index contributed by atoms with van der Waals surface area (Å²) < 4.78 is 0. The highest BCUT2D eigenvalue weighted by Gasteiger charge is 2.12. The second-order valence-electron chi connectivity index (χ2n) is 12.9. The van der Waals surface area contributed by atoms with E-state index in [1.54, 1.807) is 0 Å². The summed E-state index contributed by atoms with van der Waals surface area (Å²) in [6.45, 7) is 0. The van der Waals surface area contributed by atoms with Crippen molar-refractivity contribution in [3.8, 4) is 0 Å². The molecule has 0 aliphatic rings. The van der Waals surface area contributed by atoms with Crippen LogP contribution >= 0.6 is 0 Å². The Kier molecular flexibility index (Phi) is 7.61. The van der Waals surface area contributed by atoms with Crippen molar-refractivity contribution in [1.29, 1.82) is 0 Å². The zero-order valence-electron chi connectivity index (χ0n) is 27.6. The molecule has 0 aliphatic carbocycles. The fourth-order valence-electron chi connectivity index (χ4n) is 7.46. The Hall–Kier alpha value is -6.50. The largest absolute Gasteiger partial charge is 0.0622 e. The van der Waals surface area contributed by atoms with Gasteiger partial charge in [-0.1, -0.05) is 170 Å². The maximum atomic E-state index is 2.47. The zero-order valence-corrected chi connectivity index (χ0v) is 27.6. The van der Waals surface area contributed by atoms with Crippen LogP contribution in [0.1, 0.15) is 22.3 Å². The van der Waals surface area contributed by atoms with Gasteiger partial charge in [0.2, 0.25) is 0 Å². The van der Waals surface area contributed by atoms with Crippen LogP contribution < -0.4 is 20.9 Å². The fraction of sp³-hybridized carbons (Fsp3) is 0. The Balaban J connectivity index is 1.57. The lowest BCUT2D eigenvalue weighted by Crippen LogP contribution is -2.19. The Morgan fingerprint density at radius 3 is 0.620 bits per heavy atom. The van der Waals surface area contributed by atoms with E-state index in [1.165, 1.54) is 86.2 Å². The maximum Gasteiger partial charge on any atom is -0.00921 e. The van der Waals surface area contributed by atoms with E-state index in [1.807, 2.05) is 0 Å². The Labute approximate surface area is 291 Å². The molecule has 0 aromatic heterocycles. The van der Waals surface area contributed by atoms with E-state index in [9.17, 15) is 0 Å². The van der Waals surface area contributed by atoms with Crippen LogP contribution in [0.4, 0.5) is 0 Å². The molecule has 0 amide bonds. The van der Waals surface area contributed by atoms with Gasteiger partial charge in [-0.15, -0.1) is 0 Å². The van der Waals surface area contributed by atoms with Crippen molar-refractivity contribution in [2.75, 3.05) is 0 Å². The summed E-state index contributed by atoms with van der Waals surface area (Å²) in [6.07, 6.45) is 9.45. The number of fused-ring (bicyclic) bond motifs is 4. The third-order valence-corrected chi connectivity index (χ3v) is 9.78. The number of hydrogen-bond acceptors (Lipinski definition) is 0. The molecule has 0 saturated carbocycles. The van der Waals surface area contributed by atoms with Crippen LogP contribution in [0.2, 0.25) is 0 Å². The predicted octanol–water partition coefficient (Wildman–Crippen LogP) is 9.61. The van der Waals surface area contributed by atoms with Gasteiger partial charge in [0.1, 0.15) is 0 Å². The first kappa shape index (κ1) is 29.6. The summed E-state index contributed by atoms with van der Waals surface area (Å²) >= 11 is 0. The topological polar surface area (TPSA) is 0 Å². The number of hydrogen-bond donors (Lipinski definition) is 0. The molecule has 0 heteroatoms. The Bertz CT molecular complexity index is 2520. The van der Waals surface area contributed by atoms with Crippen LogP contribution in [0.25, 0.3) is 67.4 Å². The molecule has 50 heavy (non-hydrogen) atoms. The molecule has 0 unspecified atom stereocenters. The molecule has 0 nitrogen and oxygen atoms in total. The van der Waals surface area contributed by atoms with Crippen molar-refractivity contribution >= 4 is 67.4 Å².